The highest BCUT2D eigenvalue weighted by Crippen LogP contribution is 2.33. The molecule has 0 aliphatic rings. The lowest BCUT2D eigenvalue weighted by Gasteiger charge is -2.11. The Balaban J connectivity index is 1.77. The summed E-state index contributed by atoms with van der Waals surface area (Å²) in [6.07, 6.45) is 1.90. The number of Topliss-reactive ketones (excluding diaryl/α,β-unsaturated/α-hetero) is 1. The summed E-state index contributed by atoms with van der Waals surface area (Å²) in [5, 5.41) is 19.6. The van der Waals surface area contributed by atoms with Gasteiger partial charge in [-0.3, -0.25) is 9.36 Å². The molecule has 4 rings (SSSR count). The van der Waals surface area contributed by atoms with Crippen molar-refractivity contribution < 1.29 is 9.53 Å². The third-order valence-electron chi connectivity index (χ3n) is 4.99. The van der Waals surface area contributed by atoms with Gasteiger partial charge in [-0.1, -0.05) is 30.0 Å². The number of H-pyrrole nitrogens is 1. The van der Waals surface area contributed by atoms with Crippen molar-refractivity contribution in [2.24, 2.45) is 5.73 Å². The van der Waals surface area contributed by atoms with Crippen molar-refractivity contribution >= 4 is 28.4 Å². The van der Waals surface area contributed by atoms with Gasteiger partial charge in [0.25, 0.3) is 0 Å². The van der Waals surface area contributed by atoms with E-state index in [1.807, 2.05) is 72.3 Å². The van der Waals surface area contributed by atoms with Crippen molar-refractivity contribution in [3.05, 3.63) is 66.0 Å². The van der Waals surface area contributed by atoms with Crippen LogP contribution in [0, 0.1) is 11.3 Å². The summed E-state index contributed by atoms with van der Waals surface area (Å²) in [5.74, 6) is 1.06. The molecular weight excluding hydrogens is 436 g/mol. The van der Waals surface area contributed by atoms with E-state index in [1.54, 1.807) is 6.92 Å². The summed E-state index contributed by atoms with van der Waals surface area (Å²) >= 11 is 1.21. The van der Waals surface area contributed by atoms with Gasteiger partial charge in [-0.15, -0.1) is 10.2 Å². The fraction of sp³-hybridized carbons (Fsp3) is 0.167. The predicted molar refractivity (Wildman–Crippen MR) is 128 cm³/mol. The molecule has 0 fully saturated rings. The fourth-order valence-electron chi connectivity index (χ4n) is 3.46. The molecule has 33 heavy (non-hydrogen) atoms. The second-order valence-electron chi connectivity index (χ2n) is 7.20. The maximum absolute atomic E-state index is 12.5. The van der Waals surface area contributed by atoms with Gasteiger partial charge in [0.2, 0.25) is 0 Å². The van der Waals surface area contributed by atoms with Crippen LogP contribution in [0.4, 0.5) is 0 Å². The Bertz CT molecular complexity index is 1370. The van der Waals surface area contributed by atoms with Crippen molar-refractivity contribution in [1.82, 2.24) is 19.7 Å². The van der Waals surface area contributed by atoms with Crippen LogP contribution >= 0.6 is 11.8 Å². The van der Waals surface area contributed by atoms with Crippen LogP contribution in [0.25, 0.3) is 28.0 Å². The van der Waals surface area contributed by atoms with E-state index < -0.39 is 0 Å². The van der Waals surface area contributed by atoms with Crippen LogP contribution in [0.15, 0.2) is 71.2 Å². The van der Waals surface area contributed by atoms with E-state index in [0.29, 0.717) is 17.6 Å². The summed E-state index contributed by atoms with van der Waals surface area (Å²) in [4.78, 5) is 15.8. The highest BCUT2D eigenvalue weighted by Gasteiger charge is 2.21. The molecule has 166 valence electrons. The number of ether oxygens (including phenoxy) is 1. The minimum atomic E-state index is -0.350. The topological polar surface area (TPSA) is 123 Å². The Morgan fingerprint density at radius 1 is 1.21 bits per heavy atom. The van der Waals surface area contributed by atoms with E-state index in [-0.39, 0.29) is 22.8 Å². The monoisotopic (exact) mass is 458 g/mol. The number of nitrogens with zero attached hydrogens (tertiary/aromatic N) is 4. The number of aromatic nitrogens is 4. The first kappa shape index (κ1) is 22.2. The van der Waals surface area contributed by atoms with Crippen LogP contribution in [0.1, 0.15) is 13.8 Å². The highest BCUT2D eigenvalue weighted by molar-refractivity contribution is 7.99. The molecule has 2 heterocycles. The number of rotatable bonds is 8. The minimum Gasteiger partial charge on any atom is -0.494 e. The van der Waals surface area contributed by atoms with Gasteiger partial charge in [0.05, 0.1) is 12.4 Å². The number of thioether (sulfide) groups is 1. The third-order valence-corrected chi connectivity index (χ3v) is 5.92. The molecule has 0 amide bonds. The summed E-state index contributed by atoms with van der Waals surface area (Å²) in [7, 11) is 0. The molecule has 0 aliphatic carbocycles. The summed E-state index contributed by atoms with van der Waals surface area (Å²) in [5.41, 5.74) is 8.54. The third kappa shape index (κ3) is 4.47. The second kappa shape index (κ2) is 9.63. The molecule has 8 nitrogen and oxygen atoms in total. The normalized spacial score (nSPS) is 11.8. The number of hydrogen-bond acceptors (Lipinski definition) is 7. The van der Waals surface area contributed by atoms with Gasteiger partial charge in [-0.2, -0.15) is 5.26 Å². The molecule has 3 N–H and O–H groups in total. The molecular formula is C24H22N6O2S. The van der Waals surface area contributed by atoms with E-state index in [1.165, 1.54) is 11.8 Å². The number of carbonyl (C=O) groups is 1. The summed E-state index contributed by atoms with van der Waals surface area (Å²) < 4.78 is 7.46. The van der Waals surface area contributed by atoms with Crippen LogP contribution in [0.2, 0.25) is 0 Å². The zero-order valence-electron chi connectivity index (χ0n) is 18.2. The van der Waals surface area contributed by atoms with Gasteiger partial charge in [0.1, 0.15) is 17.4 Å². The van der Waals surface area contributed by atoms with Crippen molar-refractivity contribution in [1.29, 1.82) is 5.26 Å². The summed E-state index contributed by atoms with van der Waals surface area (Å²) in [6, 6.07) is 17.4. The van der Waals surface area contributed by atoms with Crippen molar-refractivity contribution in [2.45, 2.75) is 19.0 Å². The Kier molecular flexibility index (Phi) is 6.47. The number of fused-ring (bicyclic) bond motifs is 1. The number of allylic oxidation sites excluding steroid dienone is 2. The predicted octanol–water partition coefficient (Wildman–Crippen LogP) is 4.23. The first-order chi connectivity index (χ1) is 16.0. The number of aromatic amines is 1. The van der Waals surface area contributed by atoms with Gasteiger partial charge < -0.3 is 15.5 Å². The van der Waals surface area contributed by atoms with E-state index in [2.05, 4.69) is 15.2 Å². The SMILES string of the molecule is CCOc1ccc(-n2c(SCC(=O)/C(C#N)=C(\C)N)nnc2-c2c[nH]c3ccccc23)cc1. The lowest BCUT2D eigenvalue weighted by atomic mass is 10.1. The van der Waals surface area contributed by atoms with Gasteiger partial charge in [-0.05, 0) is 44.2 Å². The van der Waals surface area contributed by atoms with Gasteiger partial charge >= 0.3 is 0 Å². The molecule has 0 aliphatic heterocycles. The van der Waals surface area contributed by atoms with Crippen LogP contribution in [0.5, 0.6) is 5.75 Å². The largest absolute Gasteiger partial charge is 0.494 e. The first-order valence-corrected chi connectivity index (χ1v) is 11.3. The molecule has 0 saturated heterocycles. The Labute approximate surface area is 195 Å². The number of nitrogens with two attached hydrogens (primary N) is 1. The maximum atomic E-state index is 12.5. The zero-order valence-corrected chi connectivity index (χ0v) is 19.0. The van der Waals surface area contributed by atoms with E-state index in [9.17, 15) is 10.1 Å². The molecule has 9 heteroatoms. The van der Waals surface area contributed by atoms with Crippen molar-refractivity contribution in [2.75, 3.05) is 12.4 Å². The lowest BCUT2D eigenvalue weighted by Crippen LogP contribution is -2.11. The molecule has 0 saturated carbocycles. The first-order valence-electron chi connectivity index (χ1n) is 10.3. The molecule has 4 aromatic rings. The molecule has 0 bridgehead atoms. The van der Waals surface area contributed by atoms with Crippen LogP contribution in [-0.4, -0.2) is 37.9 Å². The minimum absolute atomic E-state index is 0.0144. The van der Waals surface area contributed by atoms with Gasteiger partial charge in [0.15, 0.2) is 16.8 Å². The number of nitrogens with one attached hydrogen (secondary N) is 1. The number of ketones is 1. The van der Waals surface area contributed by atoms with Crippen LogP contribution in [0.3, 0.4) is 0 Å². The lowest BCUT2D eigenvalue weighted by molar-refractivity contribution is -0.112. The fourth-order valence-corrected chi connectivity index (χ4v) is 4.28. The maximum Gasteiger partial charge on any atom is 0.196 e. The number of hydrogen-bond donors (Lipinski definition) is 2. The second-order valence-corrected chi connectivity index (χ2v) is 8.14. The van der Waals surface area contributed by atoms with E-state index >= 15 is 0 Å². The Hall–Kier alpha value is -4.03. The van der Waals surface area contributed by atoms with Gasteiger partial charge in [-0.25, -0.2) is 0 Å². The molecule has 0 spiro atoms. The Morgan fingerprint density at radius 3 is 2.67 bits per heavy atom. The van der Waals surface area contributed by atoms with E-state index in [0.717, 1.165) is 27.9 Å². The number of benzene rings is 2. The molecule has 2 aromatic heterocycles. The number of nitriles is 1. The highest BCUT2D eigenvalue weighted by atomic mass is 32.2. The quantitative estimate of drug-likeness (QED) is 0.230. The molecule has 0 atom stereocenters. The van der Waals surface area contributed by atoms with Crippen molar-refractivity contribution in [3.63, 3.8) is 0 Å². The number of para-hydroxylation sites is 1. The van der Waals surface area contributed by atoms with E-state index in [4.69, 9.17) is 10.5 Å². The average Bonchev–Trinajstić information content (AvgIpc) is 3.42. The average molecular weight is 459 g/mol. The Morgan fingerprint density at radius 2 is 1.97 bits per heavy atom. The zero-order chi connectivity index (χ0) is 23.4. The standard InChI is InChI=1S/C24H22N6O2S/c1-3-32-17-10-8-16(9-11-17)30-23(20-13-27-21-7-5-4-6-18(20)21)28-29-24(30)33-14-22(31)19(12-25)15(2)26/h4-11,13,27H,3,14,26H2,1-2H3/b19-15+. The van der Waals surface area contributed by atoms with Gasteiger partial charge in [0, 0.05) is 34.0 Å². The smallest absolute Gasteiger partial charge is 0.196 e. The summed E-state index contributed by atoms with van der Waals surface area (Å²) in [6.45, 7) is 4.05. The molecule has 0 unspecified atom stereocenters. The van der Waals surface area contributed by atoms with Crippen LogP contribution in [-0.2, 0) is 4.79 Å². The van der Waals surface area contributed by atoms with Crippen molar-refractivity contribution in [3.8, 4) is 28.9 Å². The number of carbonyl (C=O) groups excluding carboxylic acids is 1. The molecule has 0 radical (unpaired) electrons. The molecule has 2 aromatic carbocycles. The van der Waals surface area contributed by atoms with Crippen LogP contribution < -0.4 is 10.5 Å².